The van der Waals surface area contributed by atoms with E-state index in [0.717, 1.165) is 12.8 Å². The highest BCUT2D eigenvalue weighted by Crippen LogP contribution is 2.44. The molecule has 144 valence electrons. The highest BCUT2D eigenvalue weighted by Gasteiger charge is 2.57. The van der Waals surface area contributed by atoms with Crippen LogP contribution >= 0.6 is 0 Å². The number of ether oxygens (including phenoxy) is 3. The maximum Gasteiger partial charge on any atom is 0.113 e. The van der Waals surface area contributed by atoms with Gasteiger partial charge in [0.15, 0.2) is 0 Å². The van der Waals surface area contributed by atoms with Gasteiger partial charge in [-0.2, -0.15) is 0 Å². The lowest BCUT2D eigenvalue weighted by Gasteiger charge is -2.25. The standard InChI is InChI=1S/C24H30O3/c1-23(2)21(26-23)19(15-17-11-7-5-8-12-17)25-20(22-24(3,4)27-22)16-18-13-9-6-10-14-18/h5-14,19-22H,15-16H2,1-4H3. The molecule has 2 aromatic rings. The molecule has 0 N–H and O–H groups in total. The summed E-state index contributed by atoms with van der Waals surface area (Å²) in [7, 11) is 0. The Balaban J connectivity index is 1.52. The molecule has 2 heterocycles. The fourth-order valence-electron chi connectivity index (χ4n) is 4.00. The van der Waals surface area contributed by atoms with Gasteiger partial charge < -0.3 is 14.2 Å². The van der Waals surface area contributed by atoms with Crippen molar-refractivity contribution in [3.8, 4) is 0 Å². The summed E-state index contributed by atoms with van der Waals surface area (Å²) < 4.78 is 18.7. The summed E-state index contributed by atoms with van der Waals surface area (Å²) >= 11 is 0. The van der Waals surface area contributed by atoms with Gasteiger partial charge >= 0.3 is 0 Å². The van der Waals surface area contributed by atoms with E-state index in [1.807, 2.05) is 0 Å². The summed E-state index contributed by atoms with van der Waals surface area (Å²) in [5.41, 5.74) is 2.33. The molecule has 0 saturated carbocycles. The molecule has 0 spiro atoms. The summed E-state index contributed by atoms with van der Waals surface area (Å²) in [6, 6.07) is 21.1. The van der Waals surface area contributed by atoms with E-state index in [1.165, 1.54) is 11.1 Å². The number of rotatable bonds is 8. The van der Waals surface area contributed by atoms with Crippen molar-refractivity contribution < 1.29 is 14.2 Å². The molecule has 2 aliphatic rings. The van der Waals surface area contributed by atoms with Gasteiger partial charge in [0.05, 0.1) is 23.4 Å². The molecule has 4 atom stereocenters. The second-order valence-electron chi connectivity index (χ2n) is 8.88. The van der Waals surface area contributed by atoms with Crippen molar-refractivity contribution >= 4 is 0 Å². The van der Waals surface area contributed by atoms with Crippen molar-refractivity contribution in [3.05, 3.63) is 71.8 Å². The van der Waals surface area contributed by atoms with Crippen LogP contribution in [-0.2, 0) is 27.1 Å². The van der Waals surface area contributed by atoms with Gasteiger partial charge in [0.1, 0.15) is 12.2 Å². The molecule has 0 aliphatic carbocycles. The van der Waals surface area contributed by atoms with Gasteiger partial charge in [-0.3, -0.25) is 0 Å². The van der Waals surface area contributed by atoms with Gasteiger partial charge in [-0.05, 0) is 38.8 Å². The minimum Gasteiger partial charge on any atom is -0.369 e. The van der Waals surface area contributed by atoms with Crippen LogP contribution < -0.4 is 0 Å². The first kappa shape index (κ1) is 18.7. The molecule has 4 rings (SSSR count). The largest absolute Gasteiger partial charge is 0.369 e. The SMILES string of the molecule is CC1(C)OC1C(Cc1ccccc1)OC(Cc1ccccc1)C1OC1(C)C. The second-order valence-corrected chi connectivity index (χ2v) is 8.88. The summed E-state index contributed by atoms with van der Waals surface area (Å²) in [5.74, 6) is 0. The third-order valence-electron chi connectivity index (χ3n) is 5.70. The normalized spacial score (nSPS) is 27.0. The zero-order chi connectivity index (χ0) is 19.1. The van der Waals surface area contributed by atoms with Gasteiger partial charge in [0, 0.05) is 12.8 Å². The first-order valence-electron chi connectivity index (χ1n) is 9.94. The Morgan fingerprint density at radius 3 is 1.33 bits per heavy atom. The lowest BCUT2D eigenvalue weighted by Crippen LogP contribution is -2.36. The van der Waals surface area contributed by atoms with Crippen LogP contribution in [0.1, 0.15) is 38.8 Å². The molecule has 0 radical (unpaired) electrons. The van der Waals surface area contributed by atoms with Gasteiger partial charge in [-0.1, -0.05) is 60.7 Å². The van der Waals surface area contributed by atoms with E-state index >= 15 is 0 Å². The van der Waals surface area contributed by atoms with E-state index < -0.39 is 0 Å². The average molecular weight is 367 g/mol. The molecule has 0 bridgehead atoms. The fraction of sp³-hybridized carbons (Fsp3) is 0.500. The van der Waals surface area contributed by atoms with E-state index in [1.54, 1.807) is 0 Å². The van der Waals surface area contributed by atoms with Crippen molar-refractivity contribution in [1.29, 1.82) is 0 Å². The molecule has 3 nitrogen and oxygen atoms in total. The van der Waals surface area contributed by atoms with Crippen LogP contribution in [0.4, 0.5) is 0 Å². The van der Waals surface area contributed by atoms with Gasteiger partial charge in [0.25, 0.3) is 0 Å². The van der Waals surface area contributed by atoms with Crippen LogP contribution in [0.15, 0.2) is 60.7 Å². The zero-order valence-electron chi connectivity index (χ0n) is 16.7. The third kappa shape index (κ3) is 4.43. The number of hydrogen-bond donors (Lipinski definition) is 0. The Morgan fingerprint density at radius 1 is 0.704 bits per heavy atom. The predicted molar refractivity (Wildman–Crippen MR) is 107 cm³/mol. The number of benzene rings is 2. The summed E-state index contributed by atoms with van der Waals surface area (Å²) in [5, 5.41) is 0. The van der Waals surface area contributed by atoms with Crippen molar-refractivity contribution in [2.75, 3.05) is 0 Å². The van der Waals surface area contributed by atoms with Gasteiger partial charge in [-0.15, -0.1) is 0 Å². The predicted octanol–water partition coefficient (Wildman–Crippen LogP) is 4.58. The van der Waals surface area contributed by atoms with E-state index in [2.05, 4.69) is 88.4 Å². The molecule has 0 amide bonds. The smallest absolute Gasteiger partial charge is 0.113 e. The van der Waals surface area contributed by atoms with Gasteiger partial charge in [-0.25, -0.2) is 0 Å². The van der Waals surface area contributed by atoms with Crippen molar-refractivity contribution in [3.63, 3.8) is 0 Å². The van der Waals surface area contributed by atoms with E-state index in [0.29, 0.717) is 0 Å². The molecule has 0 aromatic heterocycles. The Morgan fingerprint density at radius 2 is 1.04 bits per heavy atom. The van der Waals surface area contributed by atoms with Gasteiger partial charge in [0.2, 0.25) is 0 Å². The first-order chi connectivity index (χ1) is 12.9. The van der Waals surface area contributed by atoms with Crippen molar-refractivity contribution in [2.24, 2.45) is 0 Å². The zero-order valence-corrected chi connectivity index (χ0v) is 16.7. The molecule has 2 saturated heterocycles. The Kier molecular flexibility index (Phi) is 4.87. The van der Waals surface area contributed by atoms with Crippen molar-refractivity contribution in [1.82, 2.24) is 0 Å². The quantitative estimate of drug-likeness (QED) is 0.641. The highest BCUT2D eigenvalue weighted by atomic mass is 16.7. The maximum atomic E-state index is 6.73. The average Bonchev–Trinajstić information content (AvgIpc) is 3.49. The van der Waals surface area contributed by atoms with Crippen LogP contribution in [-0.4, -0.2) is 35.6 Å². The lowest BCUT2D eigenvalue weighted by atomic mass is 9.96. The second kappa shape index (κ2) is 7.05. The van der Waals surface area contributed by atoms with Crippen LogP contribution in [0.3, 0.4) is 0 Å². The van der Waals surface area contributed by atoms with E-state index in [-0.39, 0.29) is 35.6 Å². The molecule has 2 fully saturated rings. The molecule has 2 aliphatic heterocycles. The van der Waals surface area contributed by atoms with Crippen LogP contribution in [0.25, 0.3) is 0 Å². The maximum absolute atomic E-state index is 6.73. The highest BCUT2D eigenvalue weighted by molar-refractivity contribution is 5.19. The third-order valence-corrected chi connectivity index (χ3v) is 5.70. The molecule has 2 aromatic carbocycles. The van der Waals surface area contributed by atoms with Crippen LogP contribution in [0, 0.1) is 0 Å². The molecule has 27 heavy (non-hydrogen) atoms. The van der Waals surface area contributed by atoms with Crippen LogP contribution in [0.5, 0.6) is 0 Å². The fourth-order valence-corrected chi connectivity index (χ4v) is 4.00. The van der Waals surface area contributed by atoms with Crippen molar-refractivity contribution in [2.45, 2.75) is 76.2 Å². The first-order valence-corrected chi connectivity index (χ1v) is 9.94. The van der Waals surface area contributed by atoms with E-state index in [4.69, 9.17) is 14.2 Å². The monoisotopic (exact) mass is 366 g/mol. The molecular weight excluding hydrogens is 336 g/mol. The Labute approximate surface area is 162 Å². The molecular formula is C24H30O3. The van der Waals surface area contributed by atoms with E-state index in [9.17, 15) is 0 Å². The van der Waals surface area contributed by atoms with Crippen LogP contribution in [0.2, 0.25) is 0 Å². The number of hydrogen-bond acceptors (Lipinski definition) is 3. The summed E-state index contributed by atoms with van der Waals surface area (Å²) in [6.45, 7) is 8.57. The Hall–Kier alpha value is -1.68. The topological polar surface area (TPSA) is 34.3 Å². The minimum absolute atomic E-state index is 0.0242. The number of epoxide rings is 2. The minimum atomic E-state index is -0.114. The summed E-state index contributed by atoms with van der Waals surface area (Å²) in [4.78, 5) is 0. The molecule has 3 heteroatoms. The molecule has 4 unspecified atom stereocenters. The Bertz CT molecular complexity index is 688. The lowest BCUT2D eigenvalue weighted by molar-refractivity contribution is -0.0373. The summed E-state index contributed by atoms with van der Waals surface area (Å²) in [6.07, 6.45) is 2.00.